The number of para-hydroxylation sites is 2. The van der Waals surface area contributed by atoms with Gasteiger partial charge in [0.05, 0.1) is 11.0 Å². The van der Waals surface area contributed by atoms with Crippen molar-refractivity contribution in [3.8, 4) is 0 Å². The first kappa shape index (κ1) is 21.6. The Hall–Kier alpha value is -1.59. The summed E-state index contributed by atoms with van der Waals surface area (Å²) in [6, 6.07) is 8.24. The number of hydrogen-bond acceptors (Lipinski definition) is 3. The van der Waals surface area contributed by atoms with Crippen molar-refractivity contribution in [3.63, 3.8) is 0 Å². The predicted octanol–water partition coefficient (Wildman–Crippen LogP) is 4.43. The first-order valence-electron chi connectivity index (χ1n) is 12.3. The van der Waals surface area contributed by atoms with E-state index in [4.69, 9.17) is 0 Å². The molecule has 2 aliphatic rings. The van der Waals surface area contributed by atoms with Crippen LogP contribution < -0.4 is 5.69 Å². The Kier molecular flexibility index (Phi) is 7.32. The van der Waals surface area contributed by atoms with Crippen LogP contribution in [0.25, 0.3) is 11.0 Å². The van der Waals surface area contributed by atoms with Crippen molar-refractivity contribution in [2.45, 2.75) is 77.3 Å². The second-order valence-corrected chi connectivity index (χ2v) is 9.56. The SMILES string of the molecule is CCCn1c(=O)n(C2CCN(CC3CCCCCCC3)CC2CO)c2ccccc21. The van der Waals surface area contributed by atoms with E-state index in [2.05, 4.69) is 24.0 Å². The molecule has 1 aliphatic carbocycles. The number of nitrogens with zero attached hydrogens (tertiary/aromatic N) is 3. The van der Waals surface area contributed by atoms with Crippen LogP contribution in [0, 0.1) is 11.8 Å². The van der Waals surface area contributed by atoms with Gasteiger partial charge in [0.15, 0.2) is 0 Å². The third-order valence-corrected chi connectivity index (χ3v) is 7.40. The number of piperidine rings is 1. The molecule has 30 heavy (non-hydrogen) atoms. The largest absolute Gasteiger partial charge is 0.396 e. The van der Waals surface area contributed by atoms with E-state index in [-0.39, 0.29) is 24.3 Å². The first-order valence-corrected chi connectivity index (χ1v) is 12.3. The summed E-state index contributed by atoms with van der Waals surface area (Å²) in [7, 11) is 0. The number of fused-ring (bicyclic) bond motifs is 1. The van der Waals surface area contributed by atoms with E-state index >= 15 is 0 Å². The molecule has 2 heterocycles. The zero-order chi connectivity index (χ0) is 20.9. The molecule has 166 valence electrons. The predicted molar refractivity (Wildman–Crippen MR) is 123 cm³/mol. The fraction of sp³-hybridized carbons (Fsp3) is 0.720. The summed E-state index contributed by atoms with van der Waals surface area (Å²) in [5.74, 6) is 0.918. The Bertz CT molecular complexity index is 863. The van der Waals surface area contributed by atoms with Crippen molar-refractivity contribution in [3.05, 3.63) is 34.7 Å². The van der Waals surface area contributed by atoms with Gasteiger partial charge in [-0.25, -0.2) is 4.79 Å². The highest BCUT2D eigenvalue weighted by Crippen LogP contribution is 2.32. The molecule has 0 radical (unpaired) electrons. The van der Waals surface area contributed by atoms with Gasteiger partial charge in [-0.1, -0.05) is 51.2 Å². The molecule has 1 N–H and O–H groups in total. The molecular formula is C25H39N3O2. The smallest absolute Gasteiger partial charge is 0.329 e. The van der Waals surface area contributed by atoms with E-state index in [0.29, 0.717) is 0 Å². The molecule has 0 spiro atoms. The van der Waals surface area contributed by atoms with Gasteiger partial charge in [-0.2, -0.15) is 0 Å². The van der Waals surface area contributed by atoms with Crippen molar-refractivity contribution in [1.29, 1.82) is 0 Å². The van der Waals surface area contributed by atoms with Crippen molar-refractivity contribution < 1.29 is 5.11 Å². The summed E-state index contributed by atoms with van der Waals surface area (Å²) in [4.78, 5) is 15.9. The van der Waals surface area contributed by atoms with E-state index in [0.717, 1.165) is 56.0 Å². The van der Waals surface area contributed by atoms with Crippen LogP contribution in [0.4, 0.5) is 0 Å². The molecule has 0 bridgehead atoms. The lowest BCUT2D eigenvalue weighted by molar-refractivity contribution is 0.0647. The van der Waals surface area contributed by atoms with Gasteiger partial charge in [0.25, 0.3) is 0 Å². The third kappa shape index (κ3) is 4.52. The number of aliphatic hydroxyl groups is 1. The maximum Gasteiger partial charge on any atom is 0.329 e. The molecule has 4 rings (SSSR count). The summed E-state index contributed by atoms with van der Waals surface area (Å²) in [5.41, 5.74) is 2.14. The van der Waals surface area contributed by atoms with Gasteiger partial charge in [-0.15, -0.1) is 0 Å². The summed E-state index contributed by atoms with van der Waals surface area (Å²) in [6.45, 7) is 6.09. The minimum Gasteiger partial charge on any atom is -0.396 e. The maximum atomic E-state index is 13.3. The molecule has 2 unspecified atom stereocenters. The van der Waals surface area contributed by atoms with Crippen molar-refractivity contribution >= 4 is 11.0 Å². The van der Waals surface area contributed by atoms with Crippen LogP contribution in [0.15, 0.2) is 29.1 Å². The quantitative estimate of drug-likeness (QED) is 0.762. The summed E-state index contributed by atoms with van der Waals surface area (Å²) < 4.78 is 3.92. The van der Waals surface area contributed by atoms with Crippen LogP contribution in [-0.2, 0) is 6.54 Å². The van der Waals surface area contributed by atoms with Crippen LogP contribution >= 0.6 is 0 Å². The van der Waals surface area contributed by atoms with E-state index < -0.39 is 0 Å². The van der Waals surface area contributed by atoms with Crippen LogP contribution in [0.5, 0.6) is 0 Å². The lowest BCUT2D eigenvalue weighted by Gasteiger charge is -2.40. The third-order valence-electron chi connectivity index (χ3n) is 7.40. The normalized spacial score (nSPS) is 24.7. The highest BCUT2D eigenvalue weighted by molar-refractivity contribution is 5.76. The lowest BCUT2D eigenvalue weighted by atomic mass is 9.88. The molecule has 5 nitrogen and oxygen atoms in total. The van der Waals surface area contributed by atoms with Gasteiger partial charge in [0, 0.05) is 44.7 Å². The van der Waals surface area contributed by atoms with E-state index in [1.165, 1.54) is 44.9 Å². The average Bonchev–Trinajstić information content (AvgIpc) is 3.02. The molecule has 1 aromatic heterocycles. The molecule has 1 saturated carbocycles. The minimum absolute atomic E-state index is 0.0825. The number of aryl methyl sites for hydroxylation is 1. The average molecular weight is 414 g/mol. The zero-order valence-electron chi connectivity index (χ0n) is 18.6. The van der Waals surface area contributed by atoms with Crippen molar-refractivity contribution in [2.75, 3.05) is 26.2 Å². The molecule has 1 saturated heterocycles. The molecule has 0 amide bonds. The molecule has 2 atom stereocenters. The van der Waals surface area contributed by atoms with Crippen LogP contribution in [0.3, 0.4) is 0 Å². The summed E-state index contributed by atoms with van der Waals surface area (Å²) >= 11 is 0. The maximum absolute atomic E-state index is 13.3. The Labute approximate surface area is 180 Å². The van der Waals surface area contributed by atoms with E-state index in [1.807, 2.05) is 21.3 Å². The zero-order valence-corrected chi connectivity index (χ0v) is 18.6. The second kappa shape index (κ2) is 10.1. The Morgan fingerprint density at radius 1 is 1.00 bits per heavy atom. The monoisotopic (exact) mass is 413 g/mol. The number of hydrogen-bond donors (Lipinski definition) is 1. The second-order valence-electron chi connectivity index (χ2n) is 9.56. The first-order chi connectivity index (χ1) is 14.7. The highest BCUT2D eigenvalue weighted by atomic mass is 16.3. The molecule has 5 heteroatoms. The van der Waals surface area contributed by atoms with Gasteiger partial charge in [0.1, 0.15) is 0 Å². The lowest BCUT2D eigenvalue weighted by Crippen LogP contribution is -2.46. The molecule has 2 fully saturated rings. The Morgan fingerprint density at radius 3 is 2.40 bits per heavy atom. The fourth-order valence-electron chi connectivity index (χ4n) is 5.86. The molecule has 1 aliphatic heterocycles. The number of aliphatic hydroxyl groups excluding tert-OH is 1. The fourth-order valence-corrected chi connectivity index (χ4v) is 5.86. The van der Waals surface area contributed by atoms with Crippen LogP contribution in [-0.4, -0.2) is 45.4 Å². The summed E-state index contributed by atoms with van der Waals surface area (Å²) in [5, 5.41) is 10.3. The number of aromatic nitrogens is 2. The number of benzene rings is 1. The number of imidazole rings is 1. The Balaban J connectivity index is 1.53. The number of likely N-dealkylation sites (tertiary alicyclic amines) is 1. The van der Waals surface area contributed by atoms with Crippen molar-refractivity contribution in [1.82, 2.24) is 14.0 Å². The van der Waals surface area contributed by atoms with Gasteiger partial charge in [-0.3, -0.25) is 9.13 Å². The molecule has 2 aromatic rings. The van der Waals surface area contributed by atoms with Gasteiger partial charge in [-0.05, 0) is 43.7 Å². The van der Waals surface area contributed by atoms with Gasteiger partial charge in [0.2, 0.25) is 0 Å². The standard InChI is InChI=1S/C25H39N3O2/c1-2-15-27-23-12-8-9-13-24(23)28(25(27)30)22-14-16-26(18-21(22)19-29)17-20-10-6-4-3-5-7-11-20/h8-9,12-13,20-22,29H,2-7,10-11,14-19H2,1H3. The van der Waals surface area contributed by atoms with E-state index in [1.54, 1.807) is 0 Å². The molecule has 1 aromatic carbocycles. The topological polar surface area (TPSA) is 50.4 Å². The van der Waals surface area contributed by atoms with Crippen LogP contribution in [0.1, 0.15) is 70.8 Å². The van der Waals surface area contributed by atoms with Crippen LogP contribution in [0.2, 0.25) is 0 Å². The molecular weight excluding hydrogens is 374 g/mol. The van der Waals surface area contributed by atoms with Gasteiger partial charge >= 0.3 is 5.69 Å². The van der Waals surface area contributed by atoms with E-state index in [9.17, 15) is 9.90 Å². The minimum atomic E-state index is 0.0825. The number of rotatable bonds is 6. The highest BCUT2D eigenvalue weighted by Gasteiger charge is 2.33. The van der Waals surface area contributed by atoms with Gasteiger partial charge < -0.3 is 10.0 Å². The summed E-state index contributed by atoms with van der Waals surface area (Å²) in [6.07, 6.45) is 11.5. The Morgan fingerprint density at radius 2 is 1.70 bits per heavy atom. The van der Waals surface area contributed by atoms with Crippen molar-refractivity contribution in [2.24, 2.45) is 11.8 Å².